The van der Waals surface area contributed by atoms with Gasteiger partial charge in [-0.3, -0.25) is 5.73 Å². The number of methoxy groups -OCH3 is 2. The number of nitriles is 1. The Kier molecular flexibility index (Phi) is 5.08. The quantitative estimate of drug-likeness (QED) is 0.931. The second-order valence-corrected chi connectivity index (χ2v) is 6.34. The molecular formula is C20H24N3O2+. The van der Waals surface area contributed by atoms with Gasteiger partial charge >= 0.3 is 0 Å². The smallest absolute Gasteiger partial charge is 0.289 e. The van der Waals surface area contributed by atoms with Gasteiger partial charge in [-0.25, -0.2) is 4.98 Å². The number of aryl methyl sites for hydroxylation is 1. The number of nitrogens with one attached hydrogen (secondary N) is 1. The lowest BCUT2D eigenvalue weighted by Crippen LogP contribution is -2.23. The fraction of sp³-hybridized carbons (Fsp3) is 0.400. The molecule has 2 aromatic rings. The molecule has 5 nitrogen and oxygen atoms in total. The summed E-state index contributed by atoms with van der Waals surface area (Å²) in [6.45, 7) is 0. The lowest BCUT2D eigenvalue weighted by Gasteiger charge is -2.19. The lowest BCUT2D eigenvalue weighted by molar-refractivity contribution is -0.374. The van der Waals surface area contributed by atoms with Gasteiger partial charge in [0.05, 0.1) is 14.2 Å². The zero-order chi connectivity index (χ0) is 17.8. The summed E-state index contributed by atoms with van der Waals surface area (Å²) >= 11 is 0. The lowest BCUT2D eigenvalue weighted by atomic mass is 9.87. The van der Waals surface area contributed by atoms with Gasteiger partial charge in [0.25, 0.3) is 5.82 Å². The SMILES string of the molecule is COc1ccc(-c2c(C#N)c(N)[nH+]c3c2CCCCCC3)c(OC)c1. The third-order valence-corrected chi connectivity index (χ3v) is 4.86. The Morgan fingerprint density at radius 1 is 1.08 bits per heavy atom. The summed E-state index contributed by atoms with van der Waals surface area (Å²) in [5, 5.41) is 9.74. The van der Waals surface area contributed by atoms with Crippen LogP contribution in [0.5, 0.6) is 11.5 Å². The molecule has 1 aromatic carbocycles. The van der Waals surface area contributed by atoms with Crippen molar-refractivity contribution in [1.82, 2.24) is 0 Å². The van der Waals surface area contributed by atoms with Gasteiger partial charge in [-0.05, 0) is 31.4 Å². The third-order valence-electron chi connectivity index (χ3n) is 4.86. The number of rotatable bonds is 3. The van der Waals surface area contributed by atoms with Crippen LogP contribution in [0.2, 0.25) is 0 Å². The molecule has 25 heavy (non-hydrogen) atoms. The van der Waals surface area contributed by atoms with Crippen LogP contribution in [0.15, 0.2) is 18.2 Å². The highest BCUT2D eigenvalue weighted by molar-refractivity contribution is 5.82. The minimum atomic E-state index is 0.426. The van der Waals surface area contributed by atoms with Crippen LogP contribution in [0.25, 0.3) is 11.1 Å². The Labute approximate surface area is 148 Å². The third kappa shape index (κ3) is 3.25. The van der Waals surface area contributed by atoms with Crippen molar-refractivity contribution in [3.8, 4) is 28.7 Å². The van der Waals surface area contributed by atoms with E-state index in [1.54, 1.807) is 14.2 Å². The molecule has 0 bridgehead atoms. The summed E-state index contributed by atoms with van der Waals surface area (Å²) in [4.78, 5) is 3.28. The minimum absolute atomic E-state index is 0.426. The van der Waals surface area contributed by atoms with Gasteiger partial charge in [0, 0.05) is 29.2 Å². The molecule has 3 N–H and O–H groups in total. The van der Waals surface area contributed by atoms with E-state index >= 15 is 0 Å². The van der Waals surface area contributed by atoms with Gasteiger partial charge in [-0.15, -0.1) is 0 Å². The van der Waals surface area contributed by atoms with Gasteiger partial charge in [0.15, 0.2) is 0 Å². The fourth-order valence-corrected chi connectivity index (χ4v) is 3.60. The molecule has 0 saturated carbocycles. The monoisotopic (exact) mass is 338 g/mol. The summed E-state index contributed by atoms with van der Waals surface area (Å²) in [7, 11) is 3.26. The van der Waals surface area contributed by atoms with Gasteiger partial charge in [0.2, 0.25) is 0 Å². The highest BCUT2D eigenvalue weighted by Crippen LogP contribution is 2.39. The Balaban J connectivity index is 2.29. The number of nitrogens with zero attached hydrogens (tertiary/aromatic N) is 1. The number of H-pyrrole nitrogens is 1. The number of nitrogens with two attached hydrogens (primary N) is 1. The van der Waals surface area contributed by atoms with Crippen LogP contribution in [0.3, 0.4) is 0 Å². The molecule has 0 fully saturated rings. The standard InChI is InChI=1S/C20H23N3O2/c1-24-13-9-10-15(18(11-13)25-2)19-14-7-5-3-4-6-8-17(14)23-20(22)16(19)12-21/h9-11H,3-8H2,1-2H3,(H2,22,23)/p+1. The number of hydrogen-bond donors (Lipinski definition) is 1. The molecule has 0 radical (unpaired) electrons. The summed E-state index contributed by atoms with van der Waals surface area (Å²) in [5.74, 6) is 1.83. The molecule has 1 aromatic heterocycles. The molecule has 0 aliphatic heterocycles. The first kappa shape index (κ1) is 17.1. The number of nitrogen functional groups attached to an aromatic ring is 1. The number of aromatic amines is 1. The number of pyridine rings is 1. The molecule has 5 heteroatoms. The number of aromatic nitrogens is 1. The van der Waals surface area contributed by atoms with E-state index in [4.69, 9.17) is 15.2 Å². The molecule has 0 spiro atoms. The van der Waals surface area contributed by atoms with Crippen molar-refractivity contribution in [3.63, 3.8) is 0 Å². The van der Waals surface area contributed by atoms with E-state index in [0.29, 0.717) is 17.1 Å². The predicted molar refractivity (Wildman–Crippen MR) is 96.5 cm³/mol. The Morgan fingerprint density at radius 3 is 2.52 bits per heavy atom. The molecule has 0 atom stereocenters. The molecule has 1 aliphatic carbocycles. The summed E-state index contributed by atoms with van der Waals surface area (Å²) in [5.41, 5.74) is 10.8. The number of fused-ring (bicyclic) bond motifs is 1. The number of hydrogen-bond acceptors (Lipinski definition) is 4. The first-order valence-corrected chi connectivity index (χ1v) is 8.68. The maximum atomic E-state index is 9.74. The van der Waals surface area contributed by atoms with Gasteiger partial charge in [-0.1, -0.05) is 12.8 Å². The fourth-order valence-electron chi connectivity index (χ4n) is 3.60. The second kappa shape index (κ2) is 7.43. The van der Waals surface area contributed by atoms with Crippen LogP contribution in [0.4, 0.5) is 5.82 Å². The average molecular weight is 338 g/mol. The molecule has 0 unspecified atom stereocenters. The predicted octanol–water partition coefficient (Wildman–Crippen LogP) is 3.30. The van der Waals surface area contributed by atoms with Crippen molar-refractivity contribution in [2.75, 3.05) is 20.0 Å². The zero-order valence-electron chi connectivity index (χ0n) is 14.8. The van der Waals surface area contributed by atoms with Crippen molar-refractivity contribution in [2.45, 2.75) is 38.5 Å². The number of ether oxygens (including phenoxy) is 2. The molecule has 3 rings (SSSR count). The van der Waals surface area contributed by atoms with Crippen LogP contribution in [-0.2, 0) is 12.8 Å². The van der Waals surface area contributed by atoms with Crippen LogP contribution >= 0.6 is 0 Å². The first-order valence-electron chi connectivity index (χ1n) is 8.68. The van der Waals surface area contributed by atoms with Gasteiger partial charge in [0.1, 0.15) is 28.8 Å². The van der Waals surface area contributed by atoms with Crippen molar-refractivity contribution in [1.29, 1.82) is 5.26 Å². The Hall–Kier alpha value is -2.74. The molecule has 130 valence electrons. The van der Waals surface area contributed by atoms with E-state index in [-0.39, 0.29) is 0 Å². The van der Waals surface area contributed by atoms with E-state index in [9.17, 15) is 5.26 Å². The second-order valence-electron chi connectivity index (χ2n) is 6.34. The Bertz CT molecular complexity index is 825. The molecule has 1 heterocycles. The Morgan fingerprint density at radius 2 is 1.84 bits per heavy atom. The minimum Gasteiger partial charge on any atom is -0.497 e. The van der Waals surface area contributed by atoms with Crippen molar-refractivity contribution in [2.24, 2.45) is 0 Å². The van der Waals surface area contributed by atoms with Crippen LogP contribution in [-0.4, -0.2) is 14.2 Å². The van der Waals surface area contributed by atoms with Crippen molar-refractivity contribution < 1.29 is 14.5 Å². The summed E-state index contributed by atoms with van der Waals surface area (Å²) < 4.78 is 10.9. The van der Waals surface area contributed by atoms with E-state index in [1.165, 1.54) is 18.4 Å². The molecular weight excluding hydrogens is 314 g/mol. The van der Waals surface area contributed by atoms with Crippen molar-refractivity contribution >= 4 is 5.82 Å². The number of anilines is 1. The maximum absolute atomic E-state index is 9.74. The molecule has 1 aliphatic rings. The van der Waals surface area contributed by atoms with E-state index < -0.39 is 0 Å². The summed E-state index contributed by atoms with van der Waals surface area (Å²) in [6, 6.07) is 7.97. The largest absolute Gasteiger partial charge is 0.497 e. The maximum Gasteiger partial charge on any atom is 0.289 e. The summed E-state index contributed by atoms with van der Waals surface area (Å²) in [6.07, 6.45) is 6.58. The van der Waals surface area contributed by atoms with Crippen LogP contribution < -0.4 is 20.2 Å². The average Bonchev–Trinajstić information content (AvgIpc) is 2.62. The highest BCUT2D eigenvalue weighted by Gasteiger charge is 2.25. The van der Waals surface area contributed by atoms with Gasteiger partial charge in [-0.2, -0.15) is 5.26 Å². The molecule has 0 saturated heterocycles. The van der Waals surface area contributed by atoms with Gasteiger partial charge < -0.3 is 9.47 Å². The topological polar surface area (TPSA) is 82.4 Å². The first-order chi connectivity index (χ1) is 12.2. The van der Waals surface area contributed by atoms with Crippen LogP contribution in [0.1, 0.15) is 42.5 Å². The van der Waals surface area contributed by atoms with E-state index in [2.05, 4.69) is 11.1 Å². The zero-order valence-corrected chi connectivity index (χ0v) is 14.8. The van der Waals surface area contributed by atoms with Crippen LogP contribution in [0, 0.1) is 11.3 Å². The molecule has 0 amide bonds. The van der Waals surface area contributed by atoms with E-state index in [0.717, 1.165) is 48.3 Å². The van der Waals surface area contributed by atoms with E-state index in [1.807, 2.05) is 18.2 Å². The highest BCUT2D eigenvalue weighted by atomic mass is 16.5. The normalized spacial score (nSPS) is 14.0. The number of benzene rings is 1. The van der Waals surface area contributed by atoms with Crippen molar-refractivity contribution in [3.05, 3.63) is 35.0 Å².